The number of nitrogens with zero attached hydrogens (tertiary/aromatic N) is 3. The van der Waals surface area contributed by atoms with Crippen LogP contribution < -0.4 is 9.64 Å². The first-order chi connectivity index (χ1) is 12.0. The Labute approximate surface area is 157 Å². The molecule has 0 saturated heterocycles. The number of rotatable bonds is 6. The quantitative estimate of drug-likeness (QED) is 0.601. The SMILES string of the molecule is CN(C)c1cccc(OC(Cn2ccnc2)c2ccc(Cl)cc2Cl)c1. The molecule has 0 aliphatic rings. The number of aromatic nitrogens is 2. The van der Waals surface area contributed by atoms with E-state index in [2.05, 4.69) is 4.98 Å². The molecule has 2 aromatic carbocycles. The minimum atomic E-state index is -0.267. The van der Waals surface area contributed by atoms with Crippen LogP contribution >= 0.6 is 23.2 Å². The Morgan fingerprint density at radius 2 is 2.00 bits per heavy atom. The van der Waals surface area contributed by atoms with E-state index < -0.39 is 0 Å². The van der Waals surface area contributed by atoms with E-state index in [9.17, 15) is 0 Å². The van der Waals surface area contributed by atoms with Gasteiger partial charge in [-0.1, -0.05) is 35.3 Å². The van der Waals surface area contributed by atoms with Gasteiger partial charge in [-0.15, -0.1) is 0 Å². The fourth-order valence-electron chi connectivity index (χ4n) is 2.55. The van der Waals surface area contributed by atoms with E-state index >= 15 is 0 Å². The van der Waals surface area contributed by atoms with Crippen molar-refractivity contribution in [1.82, 2.24) is 9.55 Å². The zero-order chi connectivity index (χ0) is 17.8. The van der Waals surface area contributed by atoms with Gasteiger partial charge in [-0.25, -0.2) is 4.98 Å². The summed E-state index contributed by atoms with van der Waals surface area (Å²) in [6.45, 7) is 0.591. The highest BCUT2D eigenvalue weighted by Gasteiger charge is 2.18. The first-order valence-electron chi connectivity index (χ1n) is 7.87. The first-order valence-corrected chi connectivity index (χ1v) is 8.63. The molecule has 0 bridgehead atoms. The maximum Gasteiger partial charge on any atom is 0.143 e. The third kappa shape index (κ3) is 4.47. The predicted octanol–water partition coefficient (Wildman–Crippen LogP) is 5.08. The molecule has 0 N–H and O–H groups in total. The van der Waals surface area contributed by atoms with Crippen molar-refractivity contribution in [3.63, 3.8) is 0 Å². The van der Waals surface area contributed by atoms with Gasteiger partial charge in [-0.2, -0.15) is 0 Å². The summed E-state index contributed by atoms with van der Waals surface area (Å²) >= 11 is 12.4. The molecule has 1 aromatic heterocycles. The van der Waals surface area contributed by atoms with Gasteiger partial charge in [0.15, 0.2) is 0 Å². The highest BCUT2D eigenvalue weighted by atomic mass is 35.5. The zero-order valence-corrected chi connectivity index (χ0v) is 15.6. The van der Waals surface area contributed by atoms with E-state index in [1.165, 1.54) is 0 Å². The van der Waals surface area contributed by atoms with Crippen molar-refractivity contribution in [2.45, 2.75) is 12.6 Å². The molecule has 1 unspecified atom stereocenters. The lowest BCUT2D eigenvalue weighted by molar-refractivity contribution is 0.183. The summed E-state index contributed by atoms with van der Waals surface area (Å²) in [5.41, 5.74) is 1.95. The number of halogens is 2. The molecule has 0 radical (unpaired) electrons. The van der Waals surface area contributed by atoms with Gasteiger partial charge in [-0.3, -0.25) is 0 Å². The number of benzene rings is 2. The van der Waals surface area contributed by atoms with Crippen molar-refractivity contribution < 1.29 is 4.74 Å². The van der Waals surface area contributed by atoms with Gasteiger partial charge in [0.2, 0.25) is 0 Å². The predicted molar refractivity (Wildman–Crippen MR) is 103 cm³/mol. The standard InChI is InChI=1S/C19H19Cl2N3O/c1-23(2)15-4-3-5-16(11-15)25-19(12-24-9-8-22-13-24)17-7-6-14(20)10-18(17)21/h3-11,13,19H,12H2,1-2H3. The van der Waals surface area contributed by atoms with E-state index in [0.29, 0.717) is 16.6 Å². The largest absolute Gasteiger partial charge is 0.484 e. The van der Waals surface area contributed by atoms with E-state index in [1.54, 1.807) is 18.6 Å². The Bertz CT molecular complexity index is 834. The molecule has 3 aromatic rings. The normalized spacial score (nSPS) is 12.0. The monoisotopic (exact) mass is 375 g/mol. The van der Waals surface area contributed by atoms with Crippen molar-refractivity contribution in [1.29, 1.82) is 0 Å². The summed E-state index contributed by atoms with van der Waals surface area (Å²) < 4.78 is 8.25. The van der Waals surface area contributed by atoms with Crippen LogP contribution in [0.15, 0.2) is 61.2 Å². The van der Waals surface area contributed by atoms with Crippen molar-refractivity contribution in [2.24, 2.45) is 0 Å². The van der Waals surface area contributed by atoms with Gasteiger partial charge in [0.25, 0.3) is 0 Å². The third-order valence-electron chi connectivity index (χ3n) is 3.86. The van der Waals surface area contributed by atoms with Crippen molar-refractivity contribution in [3.8, 4) is 5.75 Å². The molecule has 0 aliphatic carbocycles. The fraction of sp³-hybridized carbons (Fsp3) is 0.211. The number of ether oxygens (including phenoxy) is 1. The summed E-state index contributed by atoms with van der Waals surface area (Å²) in [6.07, 6.45) is 5.14. The summed E-state index contributed by atoms with van der Waals surface area (Å²) in [4.78, 5) is 6.13. The van der Waals surface area contributed by atoms with Crippen molar-refractivity contribution >= 4 is 28.9 Å². The van der Waals surface area contributed by atoms with E-state index in [4.69, 9.17) is 27.9 Å². The average molecular weight is 376 g/mol. The van der Waals surface area contributed by atoms with Crippen LogP contribution in [0.3, 0.4) is 0 Å². The van der Waals surface area contributed by atoms with Crippen molar-refractivity contribution in [3.05, 3.63) is 76.8 Å². The van der Waals surface area contributed by atoms with Gasteiger partial charge < -0.3 is 14.2 Å². The highest BCUT2D eigenvalue weighted by Crippen LogP contribution is 2.32. The molecule has 0 fully saturated rings. The maximum absolute atomic E-state index is 6.41. The molecule has 1 heterocycles. The Kier molecular flexibility index (Phi) is 5.51. The van der Waals surface area contributed by atoms with Gasteiger partial charge in [0.1, 0.15) is 11.9 Å². The lowest BCUT2D eigenvalue weighted by Gasteiger charge is -2.22. The Hall–Kier alpha value is -2.17. The molecule has 0 amide bonds. The maximum atomic E-state index is 6.41. The van der Waals surface area contributed by atoms with Gasteiger partial charge in [-0.05, 0) is 24.3 Å². The van der Waals surface area contributed by atoms with Crippen LogP contribution in [0.25, 0.3) is 0 Å². The number of imidazole rings is 1. The average Bonchev–Trinajstić information content (AvgIpc) is 3.07. The molecule has 6 heteroatoms. The fourth-order valence-corrected chi connectivity index (χ4v) is 3.08. The van der Waals surface area contributed by atoms with Crippen LogP contribution in [0.2, 0.25) is 10.0 Å². The molecule has 0 saturated carbocycles. The van der Waals surface area contributed by atoms with Gasteiger partial charge in [0.05, 0.1) is 12.9 Å². The summed E-state index contributed by atoms with van der Waals surface area (Å²) in [5, 5.41) is 1.19. The summed E-state index contributed by atoms with van der Waals surface area (Å²) in [7, 11) is 4.00. The Morgan fingerprint density at radius 3 is 2.68 bits per heavy atom. The van der Waals surface area contributed by atoms with Crippen LogP contribution in [0, 0.1) is 0 Å². The topological polar surface area (TPSA) is 30.3 Å². The molecule has 3 rings (SSSR count). The number of anilines is 1. The second-order valence-corrected chi connectivity index (χ2v) is 6.77. The number of hydrogen-bond acceptors (Lipinski definition) is 3. The molecule has 0 spiro atoms. The Balaban J connectivity index is 1.92. The van der Waals surface area contributed by atoms with Crippen LogP contribution in [0.5, 0.6) is 5.75 Å². The minimum Gasteiger partial charge on any atom is -0.484 e. The first kappa shape index (κ1) is 17.6. The second-order valence-electron chi connectivity index (χ2n) is 5.92. The van der Waals surface area contributed by atoms with E-state index in [-0.39, 0.29) is 6.10 Å². The number of hydrogen-bond donors (Lipinski definition) is 0. The van der Waals surface area contributed by atoms with E-state index in [1.807, 2.05) is 66.2 Å². The van der Waals surface area contributed by atoms with Crippen LogP contribution in [-0.4, -0.2) is 23.6 Å². The lowest BCUT2D eigenvalue weighted by Crippen LogP contribution is -2.15. The summed E-state index contributed by atoms with van der Waals surface area (Å²) in [6, 6.07) is 13.4. The third-order valence-corrected chi connectivity index (χ3v) is 4.42. The van der Waals surface area contributed by atoms with Crippen molar-refractivity contribution in [2.75, 3.05) is 19.0 Å². The zero-order valence-electron chi connectivity index (χ0n) is 14.1. The van der Waals surface area contributed by atoms with Gasteiger partial charge in [0, 0.05) is 53.9 Å². The lowest BCUT2D eigenvalue weighted by atomic mass is 10.1. The van der Waals surface area contributed by atoms with Crippen LogP contribution in [0.4, 0.5) is 5.69 Å². The van der Waals surface area contributed by atoms with E-state index in [0.717, 1.165) is 17.0 Å². The molecule has 25 heavy (non-hydrogen) atoms. The molecular formula is C19H19Cl2N3O. The van der Waals surface area contributed by atoms with Crippen LogP contribution in [-0.2, 0) is 6.54 Å². The Morgan fingerprint density at radius 1 is 1.16 bits per heavy atom. The molecular weight excluding hydrogens is 357 g/mol. The highest BCUT2D eigenvalue weighted by molar-refractivity contribution is 6.35. The van der Waals surface area contributed by atoms with Crippen LogP contribution in [0.1, 0.15) is 11.7 Å². The van der Waals surface area contributed by atoms with Gasteiger partial charge >= 0.3 is 0 Å². The second kappa shape index (κ2) is 7.81. The summed E-state index contributed by atoms with van der Waals surface area (Å²) in [5.74, 6) is 0.780. The molecule has 1 atom stereocenters. The smallest absolute Gasteiger partial charge is 0.143 e. The molecule has 4 nitrogen and oxygen atoms in total. The molecule has 130 valence electrons. The minimum absolute atomic E-state index is 0.267. The molecule has 0 aliphatic heterocycles.